The predicted molar refractivity (Wildman–Crippen MR) is 80.2 cm³/mol. The van der Waals surface area contributed by atoms with Gasteiger partial charge in [0.15, 0.2) is 0 Å². The van der Waals surface area contributed by atoms with Crippen LogP contribution in [0.1, 0.15) is 22.9 Å². The fraction of sp³-hybridized carbons (Fsp3) is 0.286. The van der Waals surface area contributed by atoms with E-state index in [-0.39, 0.29) is 23.3 Å². The first-order chi connectivity index (χ1) is 9.61. The Balaban J connectivity index is 2.29. The number of nitrogens with zero attached hydrogens (tertiary/aromatic N) is 1. The molecule has 1 heterocycles. The van der Waals surface area contributed by atoms with Gasteiger partial charge in [-0.1, -0.05) is 12.1 Å². The Bertz CT molecular complexity index is 584. The van der Waals surface area contributed by atoms with Crippen LogP contribution in [0.3, 0.4) is 0 Å². The van der Waals surface area contributed by atoms with Gasteiger partial charge in [-0.2, -0.15) is 0 Å². The Labute approximate surface area is 121 Å². The van der Waals surface area contributed by atoms with Crippen LogP contribution in [0.5, 0.6) is 0 Å². The van der Waals surface area contributed by atoms with Crippen LogP contribution in [0.25, 0.3) is 0 Å². The molecule has 0 radical (unpaired) electrons. The van der Waals surface area contributed by atoms with E-state index in [1.165, 1.54) is 0 Å². The van der Waals surface area contributed by atoms with Gasteiger partial charge in [0.25, 0.3) is 5.69 Å². The number of hydrogen-bond acceptors (Lipinski definition) is 5. The van der Waals surface area contributed by atoms with Gasteiger partial charge in [0.05, 0.1) is 11.0 Å². The lowest BCUT2D eigenvalue weighted by Gasteiger charge is -2.18. The Morgan fingerprint density at radius 2 is 2.25 bits per heavy atom. The third kappa shape index (κ3) is 3.34. The fourth-order valence-electron chi connectivity index (χ4n) is 2.01. The summed E-state index contributed by atoms with van der Waals surface area (Å²) in [4.78, 5) is 11.8. The van der Waals surface area contributed by atoms with E-state index in [1.807, 2.05) is 30.5 Å². The number of aryl methyl sites for hydroxylation is 1. The molecule has 20 heavy (non-hydrogen) atoms. The molecule has 0 bridgehead atoms. The van der Waals surface area contributed by atoms with Crippen molar-refractivity contribution in [2.75, 3.05) is 11.9 Å². The van der Waals surface area contributed by atoms with Gasteiger partial charge >= 0.3 is 0 Å². The standard InChI is InChI=1S/C14H16N2O3S/c1-10-4-5-11(13(9-10)16(18)19)15-12(6-7-17)14-3-2-8-20-14/h2-5,8-9,12,15,17H,6-7H2,1H3. The number of thiophene rings is 1. The molecule has 5 nitrogen and oxygen atoms in total. The molecular weight excluding hydrogens is 276 g/mol. The number of nitro benzene ring substituents is 1. The number of aliphatic hydroxyl groups is 1. The van der Waals surface area contributed by atoms with Crippen LogP contribution >= 0.6 is 11.3 Å². The second kappa shape index (κ2) is 6.49. The molecule has 0 amide bonds. The van der Waals surface area contributed by atoms with E-state index in [0.717, 1.165) is 10.4 Å². The highest BCUT2D eigenvalue weighted by atomic mass is 32.1. The summed E-state index contributed by atoms with van der Waals surface area (Å²) >= 11 is 1.56. The third-order valence-electron chi connectivity index (χ3n) is 2.98. The third-order valence-corrected chi connectivity index (χ3v) is 3.97. The second-order valence-corrected chi connectivity index (χ2v) is 5.48. The Kier molecular flexibility index (Phi) is 4.70. The van der Waals surface area contributed by atoms with Crippen LogP contribution in [0, 0.1) is 17.0 Å². The fourth-order valence-corrected chi connectivity index (χ4v) is 2.82. The maximum atomic E-state index is 11.1. The van der Waals surface area contributed by atoms with Gasteiger partial charge in [-0.15, -0.1) is 11.3 Å². The number of nitro groups is 1. The van der Waals surface area contributed by atoms with Gasteiger partial charge < -0.3 is 10.4 Å². The lowest BCUT2D eigenvalue weighted by molar-refractivity contribution is -0.384. The van der Waals surface area contributed by atoms with Crippen LogP contribution in [-0.4, -0.2) is 16.6 Å². The Hall–Kier alpha value is -1.92. The van der Waals surface area contributed by atoms with E-state index in [4.69, 9.17) is 5.11 Å². The molecule has 2 N–H and O–H groups in total. The molecule has 2 rings (SSSR count). The Morgan fingerprint density at radius 1 is 1.45 bits per heavy atom. The van der Waals surface area contributed by atoms with E-state index in [0.29, 0.717) is 12.1 Å². The largest absolute Gasteiger partial charge is 0.396 e. The van der Waals surface area contributed by atoms with E-state index in [9.17, 15) is 10.1 Å². The van der Waals surface area contributed by atoms with Crippen molar-refractivity contribution < 1.29 is 10.0 Å². The topological polar surface area (TPSA) is 75.4 Å². The zero-order chi connectivity index (χ0) is 14.5. The highest BCUT2D eigenvalue weighted by Gasteiger charge is 2.18. The summed E-state index contributed by atoms with van der Waals surface area (Å²) in [5, 5.41) is 25.4. The summed E-state index contributed by atoms with van der Waals surface area (Å²) in [6, 6.07) is 8.85. The second-order valence-electron chi connectivity index (χ2n) is 4.50. The number of rotatable bonds is 6. The maximum absolute atomic E-state index is 11.1. The lowest BCUT2D eigenvalue weighted by atomic mass is 10.1. The smallest absolute Gasteiger partial charge is 0.292 e. The van der Waals surface area contributed by atoms with Crippen molar-refractivity contribution >= 4 is 22.7 Å². The summed E-state index contributed by atoms with van der Waals surface area (Å²) in [6.45, 7) is 1.84. The molecular formula is C14H16N2O3S. The average molecular weight is 292 g/mol. The molecule has 0 spiro atoms. The van der Waals surface area contributed by atoms with Crippen molar-refractivity contribution in [3.05, 3.63) is 56.3 Å². The molecule has 0 aliphatic rings. The van der Waals surface area contributed by atoms with Crippen LogP contribution in [0.15, 0.2) is 35.7 Å². The maximum Gasteiger partial charge on any atom is 0.292 e. The van der Waals surface area contributed by atoms with Gasteiger partial charge in [0.1, 0.15) is 5.69 Å². The molecule has 1 atom stereocenters. The van der Waals surface area contributed by atoms with Crippen molar-refractivity contribution in [1.29, 1.82) is 0 Å². The van der Waals surface area contributed by atoms with Crippen molar-refractivity contribution in [2.24, 2.45) is 0 Å². The van der Waals surface area contributed by atoms with Gasteiger partial charge in [-0.25, -0.2) is 0 Å². The predicted octanol–water partition coefficient (Wildman–Crippen LogP) is 3.50. The summed E-state index contributed by atoms with van der Waals surface area (Å²) in [5.74, 6) is 0. The van der Waals surface area contributed by atoms with E-state index < -0.39 is 0 Å². The normalized spacial score (nSPS) is 12.1. The average Bonchev–Trinajstić information content (AvgIpc) is 2.93. The van der Waals surface area contributed by atoms with Crippen molar-refractivity contribution in [1.82, 2.24) is 0 Å². The minimum atomic E-state index is -0.389. The molecule has 0 fully saturated rings. The molecule has 2 aromatic rings. The summed E-state index contributed by atoms with van der Waals surface area (Å²) in [6.07, 6.45) is 0.506. The Morgan fingerprint density at radius 3 is 2.85 bits per heavy atom. The van der Waals surface area contributed by atoms with E-state index in [2.05, 4.69) is 5.32 Å². The molecule has 0 aliphatic carbocycles. The molecule has 0 saturated heterocycles. The molecule has 0 aliphatic heterocycles. The highest BCUT2D eigenvalue weighted by Crippen LogP contribution is 2.31. The molecule has 1 unspecified atom stereocenters. The van der Waals surface area contributed by atoms with Gasteiger partial charge in [-0.3, -0.25) is 10.1 Å². The number of aliphatic hydroxyl groups excluding tert-OH is 1. The summed E-state index contributed by atoms with van der Waals surface area (Å²) in [7, 11) is 0. The van der Waals surface area contributed by atoms with Gasteiger partial charge in [0, 0.05) is 17.6 Å². The lowest BCUT2D eigenvalue weighted by Crippen LogP contribution is -2.12. The molecule has 1 aromatic carbocycles. The summed E-state index contributed by atoms with van der Waals surface area (Å²) in [5.41, 5.74) is 1.38. The van der Waals surface area contributed by atoms with E-state index >= 15 is 0 Å². The van der Waals surface area contributed by atoms with Gasteiger partial charge in [-0.05, 0) is 36.4 Å². The molecule has 106 valence electrons. The molecule has 6 heteroatoms. The minimum absolute atomic E-state index is 0.0230. The zero-order valence-corrected chi connectivity index (χ0v) is 11.9. The quantitative estimate of drug-likeness (QED) is 0.631. The summed E-state index contributed by atoms with van der Waals surface area (Å²) < 4.78 is 0. The van der Waals surface area contributed by atoms with Crippen LogP contribution in [-0.2, 0) is 0 Å². The first-order valence-electron chi connectivity index (χ1n) is 6.27. The first kappa shape index (κ1) is 14.5. The van der Waals surface area contributed by atoms with Crippen LogP contribution < -0.4 is 5.32 Å². The number of benzene rings is 1. The van der Waals surface area contributed by atoms with Gasteiger partial charge in [0.2, 0.25) is 0 Å². The minimum Gasteiger partial charge on any atom is -0.396 e. The number of nitrogens with one attached hydrogen (secondary N) is 1. The van der Waals surface area contributed by atoms with Crippen molar-refractivity contribution in [3.8, 4) is 0 Å². The zero-order valence-electron chi connectivity index (χ0n) is 11.1. The van der Waals surface area contributed by atoms with E-state index in [1.54, 1.807) is 23.5 Å². The first-order valence-corrected chi connectivity index (χ1v) is 7.15. The molecule has 1 aromatic heterocycles. The van der Waals surface area contributed by atoms with Crippen molar-refractivity contribution in [2.45, 2.75) is 19.4 Å². The highest BCUT2D eigenvalue weighted by molar-refractivity contribution is 7.10. The van der Waals surface area contributed by atoms with Crippen molar-refractivity contribution in [3.63, 3.8) is 0 Å². The number of hydrogen-bond donors (Lipinski definition) is 2. The molecule has 0 saturated carbocycles. The monoisotopic (exact) mass is 292 g/mol. The number of anilines is 1. The van der Waals surface area contributed by atoms with Crippen LogP contribution in [0.4, 0.5) is 11.4 Å². The van der Waals surface area contributed by atoms with Crippen LogP contribution in [0.2, 0.25) is 0 Å². The SMILES string of the molecule is Cc1ccc(NC(CCO)c2cccs2)c([N+](=O)[O-])c1.